The summed E-state index contributed by atoms with van der Waals surface area (Å²) in [6.07, 6.45) is 0. The van der Waals surface area contributed by atoms with Crippen LogP contribution in [0.1, 0.15) is 24.2 Å². The van der Waals surface area contributed by atoms with E-state index in [2.05, 4.69) is 10.0 Å². The van der Waals surface area contributed by atoms with Gasteiger partial charge in [0.05, 0.1) is 12.0 Å². The molecule has 0 unspecified atom stereocenters. The lowest BCUT2D eigenvalue weighted by Crippen LogP contribution is -2.31. The van der Waals surface area contributed by atoms with Crippen LogP contribution in [0.2, 0.25) is 0 Å². The molecule has 0 saturated heterocycles. The van der Waals surface area contributed by atoms with Gasteiger partial charge >= 0.3 is 0 Å². The third-order valence-corrected chi connectivity index (χ3v) is 5.01. The Balaban J connectivity index is 1.92. The van der Waals surface area contributed by atoms with Gasteiger partial charge in [0.15, 0.2) is 0 Å². The number of nitrogens with one attached hydrogen (secondary N) is 2. The Bertz CT molecular complexity index is 864. The van der Waals surface area contributed by atoms with Gasteiger partial charge in [0.2, 0.25) is 10.0 Å². The summed E-state index contributed by atoms with van der Waals surface area (Å²) < 4.78 is 37.8. The first kappa shape index (κ1) is 20.7. The third kappa shape index (κ3) is 6.26. The third-order valence-electron chi connectivity index (χ3n) is 3.55. The fraction of sp³-hybridized carbons (Fsp3) is 0.316. The highest BCUT2D eigenvalue weighted by Gasteiger charge is 2.16. The first-order valence-corrected chi connectivity index (χ1v) is 9.97. The second-order valence-corrected chi connectivity index (χ2v) is 7.84. The zero-order valence-corrected chi connectivity index (χ0v) is 16.4. The number of hydrogen-bond acceptors (Lipinski definition) is 5. The van der Waals surface area contributed by atoms with Crippen molar-refractivity contribution in [3.8, 4) is 11.5 Å². The quantitative estimate of drug-likeness (QED) is 0.638. The summed E-state index contributed by atoms with van der Waals surface area (Å²) in [6, 6.07) is 12.9. The first-order valence-electron chi connectivity index (χ1n) is 8.49. The van der Waals surface area contributed by atoms with E-state index < -0.39 is 10.0 Å². The van der Waals surface area contributed by atoms with E-state index >= 15 is 0 Å². The van der Waals surface area contributed by atoms with Crippen molar-refractivity contribution >= 4 is 15.9 Å². The van der Waals surface area contributed by atoms with E-state index in [4.69, 9.17) is 9.47 Å². The highest BCUT2D eigenvalue weighted by atomic mass is 32.2. The molecule has 2 N–H and O–H groups in total. The Morgan fingerprint density at radius 1 is 1.07 bits per heavy atom. The van der Waals surface area contributed by atoms with Crippen molar-refractivity contribution in [3.63, 3.8) is 0 Å². The van der Waals surface area contributed by atoms with E-state index in [1.807, 2.05) is 13.8 Å². The van der Waals surface area contributed by atoms with Crippen molar-refractivity contribution in [1.29, 1.82) is 0 Å². The average Bonchev–Trinajstić information content (AvgIpc) is 2.65. The monoisotopic (exact) mass is 392 g/mol. The topological polar surface area (TPSA) is 93.7 Å². The van der Waals surface area contributed by atoms with E-state index in [1.165, 1.54) is 18.2 Å². The molecule has 0 radical (unpaired) electrons. The van der Waals surface area contributed by atoms with Gasteiger partial charge in [-0.2, -0.15) is 0 Å². The molecule has 1 amide bonds. The highest BCUT2D eigenvalue weighted by Crippen LogP contribution is 2.17. The van der Waals surface area contributed by atoms with Crippen LogP contribution in [0.4, 0.5) is 0 Å². The summed E-state index contributed by atoms with van der Waals surface area (Å²) in [4.78, 5) is 12.1. The predicted octanol–water partition coefficient (Wildman–Crippen LogP) is 2.19. The number of methoxy groups -OCH3 is 1. The number of benzene rings is 2. The molecule has 7 nitrogen and oxygen atoms in total. The van der Waals surface area contributed by atoms with Gasteiger partial charge in [-0.1, -0.05) is 6.07 Å². The lowest BCUT2D eigenvalue weighted by atomic mass is 10.2. The maximum absolute atomic E-state index is 12.4. The fourth-order valence-electron chi connectivity index (χ4n) is 2.25. The average molecular weight is 392 g/mol. The molecule has 2 rings (SSSR count). The summed E-state index contributed by atoms with van der Waals surface area (Å²) in [7, 11) is -2.16. The molecule has 2 aromatic carbocycles. The molecule has 0 heterocycles. The number of carbonyl (C=O) groups is 1. The van der Waals surface area contributed by atoms with Crippen molar-refractivity contribution in [2.24, 2.45) is 0 Å². The summed E-state index contributed by atoms with van der Waals surface area (Å²) in [6.45, 7) is 3.93. The van der Waals surface area contributed by atoms with Crippen molar-refractivity contribution < 1.29 is 22.7 Å². The summed E-state index contributed by atoms with van der Waals surface area (Å²) in [5.41, 5.74) is 0.293. The Hall–Kier alpha value is -2.58. The molecule has 146 valence electrons. The standard InChI is InChI=1S/C19H24N2O5S/c1-14(2)21-19(22)15-5-4-6-18(13-15)27(23,24)20-11-12-26-17-9-7-16(25-3)8-10-17/h4-10,13-14,20H,11-12H2,1-3H3,(H,21,22). The number of sulfonamides is 1. The van der Waals surface area contributed by atoms with E-state index in [-0.39, 0.29) is 30.0 Å². The minimum atomic E-state index is -3.74. The van der Waals surface area contributed by atoms with Crippen LogP contribution in [-0.2, 0) is 10.0 Å². The number of carbonyl (C=O) groups excluding carboxylic acids is 1. The molecule has 0 saturated carbocycles. The molecule has 0 aliphatic heterocycles. The molecular formula is C19H24N2O5S. The van der Waals surface area contributed by atoms with Gasteiger partial charge in [0.25, 0.3) is 5.91 Å². The second-order valence-electron chi connectivity index (χ2n) is 6.08. The van der Waals surface area contributed by atoms with Crippen molar-refractivity contribution in [2.75, 3.05) is 20.3 Å². The summed E-state index contributed by atoms with van der Waals surface area (Å²) >= 11 is 0. The van der Waals surface area contributed by atoms with Gasteiger partial charge in [0, 0.05) is 18.2 Å². The molecule has 0 bridgehead atoms. The van der Waals surface area contributed by atoms with Gasteiger partial charge in [0.1, 0.15) is 18.1 Å². The number of amides is 1. The summed E-state index contributed by atoms with van der Waals surface area (Å²) in [5.74, 6) is 1.01. The van der Waals surface area contributed by atoms with Crippen LogP contribution in [0, 0.1) is 0 Å². The molecular weight excluding hydrogens is 368 g/mol. The highest BCUT2D eigenvalue weighted by molar-refractivity contribution is 7.89. The van der Waals surface area contributed by atoms with Crippen molar-refractivity contribution in [3.05, 3.63) is 54.1 Å². The van der Waals surface area contributed by atoms with E-state index in [9.17, 15) is 13.2 Å². The van der Waals surface area contributed by atoms with Crippen LogP contribution in [0.3, 0.4) is 0 Å². The lowest BCUT2D eigenvalue weighted by Gasteiger charge is -2.11. The molecule has 0 aromatic heterocycles. The Kier molecular flexibility index (Phi) is 7.20. The Morgan fingerprint density at radius 2 is 1.74 bits per heavy atom. The van der Waals surface area contributed by atoms with E-state index in [0.717, 1.165) is 0 Å². The predicted molar refractivity (Wildman–Crippen MR) is 103 cm³/mol. The van der Waals surface area contributed by atoms with E-state index in [1.54, 1.807) is 37.4 Å². The van der Waals surface area contributed by atoms with Gasteiger partial charge < -0.3 is 14.8 Å². The molecule has 0 atom stereocenters. The molecule has 0 fully saturated rings. The van der Waals surface area contributed by atoms with Crippen molar-refractivity contribution in [2.45, 2.75) is 24.8 Å². The normalized spacial score (nSPS) is 11.3. The Morgan fingerprint density at radius 3 is 2.37 bits per heavy atom. The van der Waals surface area contributed by atoms with Crippen LogP contribution >= 0.6 is 0 Å². The van der Waals surface area contributed by atoms with Gasteiger partial charge in [-0.05, 0) is 56.3 Å². The minimum Gasteiger partial charge on any atom is -0.497 e. The molecule has 8 heteroatoms. The van der Waals surface area contributed by atoms with Crippen LogP contribution in [0.25, 0.3) is 0 Å². The van der Waals surface area contributed by atoms with Crippen LogP contribution < -0.4 is 19.5 Å². The van der Waals surface area contributed by atoms with E-state index in [0.29, 0.717) is 17.1 Å². The number of ether oxygens (including phenoxy) is 2. The fourth-order valence-corrected chi connectivity index (χ4v) is 3.31. The SMILES string of the molecule is COc1ccc(OCCNS(=O)(=O)c2cccc(C(=O)NC(C)C)c2)cc1. The van der Waals surface area contributed by atoms with Crippen molar-refractivity contribution in [1.82, 2.24) is 10.0 Å². The largest absolute Gasteiger partial charge is 0.497 e. The Labute approximate surface area is 159 Å². The number of hydrogen-bond donors (Lipinski definition) is 2. The zero-order valence-electron chi connectivity index (χ0n) is 15.6. The van der Waals surface area contributed by atoms with Gasteiger partial charge in [-0.15, -0.1) is 0 Å². The molecule has 2 aromatic rings. The first-order chi connectivity index (χ1) is 12.8. The molecule has 27 heavy (non-hydrogen) atoms. The molecule has 0 aliphatic rings. The van der Waals surface area contributed by atoms with Gasteiger partial charge in [-0.3, -0.25) is 4.79 Å². The van der Waals surface area contributed by atoms with Crippen LogP contribution in [0.5, 0.6) is 11.5 Å². The minimum absolute atomic E-state index is 0.0309. The zero-order chi connectivity index (χ0) is 19.9. The number of rotatable bonds is 9. The maximum Gasteiger partial charge on any atom is 0.251 e. The second kappa shape index (κ2) is 9.38. The van der Waals surface area contributed by atoms with Crippen LogP contribution in [0.15, 0.2) is 53.4 Å². The summed E-state index contributed by atoms with van der Waals surface area (Å²) in [5, 5.41) is 2.73. The smallest absolute Gasteiger partial charge is 0.251 e. The lowest BCUT2D eigenvalue weighted by molar-refractivity contribution is 0.0943. The maximum atomic E-state index is 12.4. The van der Waals surface area contributed by atoms with Crippen LogP contribution in [-0.4, -0.2) is 40.6 Å². The molecule has 0 spiro atoms. The van der Waals surface area contributed by atoms with Gasteiger partial charge in [-0.25, -0.2) is 13.1 Å². The molecule has 0 aliphatic carbocycles.